The van der Waals surface area contributed by atoms with Gasteiger partial charge in [0.1, 0.15) is 11.6 Å². The molecule has 3 rings (SSSR count). The van der Waals surface area contributed by atoms with Crippen LogP contribution in [0.1, 0.15) is 24.6 Å². The number of imidazole rings is 1. The van der Waals surface area contributed by atoms with Crippen molar-refractivity contribution in [3.8, 4) is 0 Å². The van der Waals surface area contributed by atoms with Crippen LogP contribution in [0.3, 0.4) is 0 Å². The van der Waals surface area contributed by atoms with Crippen molar-refractivity contribution in [2.24, 2.45) is 0 Å². The highest BCUT2D eigenvalue weighted by Crippen LogP contribution is 2.24. The van der Waals surface area contributed by atoms with Crippen molar-refractivity contribution in [3.63, 3.8) is 0 Å². The third-order valence-corrected chi connectivity index (χ3v) is 3.41. The normalized spacial score (nSPS) is 12.9. The summed E-state index contributed by atoms with van der Waals surface area (Å²) in [7, 11) is 0. The molecule has 4 heteroatoms. The van der Waals surface area contributed by atoms with Crippen molar-refractivity contribution in [1.82, 2.24) is 9.55 Å². The predicted octanol–water partition coefficient (Wildman–Crippen LogP) is 3.32. The summed E-state index contributed by atoms with van der Waals surface area (Å²) >= 11 is 0. The summed E-state index contributed by atoms with van der Waals surface area (Å²) in [6.45, 7) is 4.20. The topological polar surface area (TPSA) is 57.0 Å². The quantitative estimate of drug-likeness (QED) is 0.730. The number of furan rings is 1. The van der Waals surface area contributed by atoms with E-state index in [2.05, 4.69) is 16.5 Å². The Labute approximate surface area is 111 Å². The van der Waals surface area contributed by atoms with Crippen LogP contribution in [0.25, 0.3) is 11.0 Å². The number of fused-ring (bicyclic) bond motifs is 1. The maximum Gasteiger partial charge on any atom is 0.106 e. The van der Waals surface area contributed by atoms with E-state index in [1.165, 1.54) is 0 Å². The number of nitrogens with two attached hydrogens (primary N) is 1. The van der Waals surface area contributed by atoms with Crippen molar-refractivity contribution < 1.29 is 4.42 Å². The first kappa shape index (κ1) is 11.8. The van der Waals surface area contributed by atoms with Gasteiger partial charge in [-0.1, -0.05) is 0 Å². The average molecular weight is 255 g/mol. The van der Waals surface area contributed by atoms with Gasteiger partial charge in [-0.2, -0.15) is 0 Å². The molecular formula is C15H17N3O. The average Bonchev–Trinajstić information content (AvgIpc) is 2.95. The van der Waals surface area contributed by atoms with Gasteiger partial charge >= 0.3 is 0 Å². The lowest BCUT2D eigenvalue weighted by Gasteiger charge is -2.15. The molecule has 0 saturated carbocycles. The first-order chi connectivity index (χ1) is 9.15. The van der Waals surface area contributed by atoms with Crippen molar-refractivity contribution in [3.05, 3.63) is 48.2 Å². The van der Waals surface area contributed by atoms with Crippen molar-refractivity contribution in [1.29, 1.82) is 0 Å². The number of hydrogen-bond donors (Lipinski definition) is 1. The molecule has 0 spiro atoms. The van der Waals surface area contributed by atoms with Gasteiger partial charge in [-0.25, -0.2) is 4.98 Å². The van der Waals surface area contributed by atoms with Gasteiger partial charge in [-0.15, -0.1) is 0 Å². The van der Waals surface area contributed by atoms with Gasteiger partial charge in [0, 0.05) is 18.2 Å². The zero-order valence-corrected chi connectivity index (χ0v) is 11.1. The van der Waals surface area contributed by atoms with Crippen LogP contribution >= 0.6 is 0 Å². The summed E-state index contributed by atoms with van der Waals surface area (Å²) in [6.07, 6.45) is 2.56. The fraction of sp³-hybridized carbons (Fsp3) is 0.267. The molecule has 0 aliphatic carbocycles. The molecule has 3 aromatic rings. The van der Waals surface area contributed by atoms with Gasteiger partial charge in [0.2, 0.25) is 0 Å². The van der Waals surface area contributed by atoms with E-state index in [0.29, 0.717) is 6.04 Å². The van der Waals surface area contributed by atoms with Crippen LogP contribution in [0.2, 0.25) is 0 Å². The van der Waals surface area contributed by atoms with E-state index in [1.807, 2.05) is 37.3 Å². The smallest absolute Gasteiger partial charge is 0.106 e. The van der Waals surface area contributed by atoms with E-state index in [9.17, 15) is 0 Å². The predicted molar refractivity (Wildman–Crippen MR) is 76.0 cm³/mol. The van der Waals surface area contributed by atoms with Crippen molar-refractivity contribution in [2.45, 2.75) is 26.3 Å². The van der Waals surface area contributed by atoms with Gasteiger partial charge in [-0.3, -0.25) is 0 Å². The third kappa shape index (κ3) is 2.10. The van der Waals surface area contributed by atoms with Gasteiger partial charge in [0.25, 0.3) is 0 Å². The number of benzene rings is 1. The fourth-order valence-electron chi connectivity index (χ4n) is 2.60. The number of nitrogens with zero attached hydrogens (tertiary/aromatic N) is 2. The van der Waals surface area contributed by atoms with Crippen LogP contribution in [0.4, 0.5) is 5.69 Å². The first-order valence-electron chi connectivity index (χ1n) is 6.41. The number of aryl methyl sites for hydroxylation is 1. The Morgan fingerprint density at radius 3 is 2.95 bits per heavy atom. The van der Waals surface area contributed by atoms with Crippen LogP contribution in [0.5, 0.6) is 0 Å². The summed E-state index contributed by atoms with van der Waals surface area (Å²) in [5, 5.41) is 0. The molecule has 98 valence electrons. The van der Waals surface area contributed by atoms with Gasteiger partial charge in [-0.05, 0) is 44.2 Å². The van der Waals surface area contributed by atoms with Gasteiger partial charge in [0.15, 0.2) is 0 Å². The molecule has 0 bridgehead atoms. The van der Waals surface area contributed by atoms with Crippen LogP contribution in [0.15, 0.2) is 41.0 Å². The van der Waals surface area contributed by atoms with E-state index < -0.39 is 0 Å². The summed E-state index contributed by atoms with van der Waals surface area (Å²) < 4.78 is 7.65. The Kier molecular flexibility index (Phi) is 2.78. The van der Waals surface area contributed by atoms with Crippen LogP contribution in [0, 0.1) is 6.92 Å². The molecule has 0 saturated heterocycles. The van der Waals surface area contributed by atoms with E-state index >= 15 is 0 Å². The van der Waals surface area contributed by atoms with Crippen LogP contribution < -0.4 is 5.73 Å². The minimum Gasteiger partial charge on any atom is -0.469 e. The third-order valence-electron chi connectivity index (χ3n) is 3.41. The molecule has 4 nitrogen and oxygen atoms in total. The van der Waals surface area contributed by atoms with Crippen LogP contribution in [-0.2, 0) is 6.42 Å². The molecule has 1 atom stereocenters. The molecule has 0 aliphatic rings. The molecule has 0 radical (unpaired) electrons. The molecule has 2 aromatic heterocycles. The highest BCUT2D eigenvalue weighted by atomic mass is 16.3. The largest absolute Gasteiger partial charge is 0.469 e. The van der Waals surface area contributed by atoms with Crippen molar-refractivity contribution >= 4 is 16.7 Å². The highest BCUT2D eigenvalue weighted by molar-refractivity contribution is 5.79. The summed E-state index contributed by atoms with van der Waals surface area (Å²) in [5.74, 6) is 1.99. The number of rotatable bonds is 3. The van der Waals surface area contributed by atoms with Gasteiger partial charge < -0.3 is 14.7 Å². The lowest BCUT2D eigenvalue weighted by Crippen LogP contribution is -2.09. The molecule has 1 unspecified atom stereocenters. The minimum atomic E-state index is 0.291. The van der Waals surface area contributed by atoms with Crippen LogP contribution in [-0.4, -0.2) is 9.55 Å². The van der Waals surface area contributed by atoms with Gasteiger partial charge in [0.05, 0.1) is 17.3 Å². The Hall–Kier alpha value is -2.23. The monoisotopic (exact) mass is 255 g/mol. The lowest BCUT2D eigenvalue weighted by molar-refractivity contribution is 0.450. The number of anilines is 1. The van der Waals surface area contributed by atoms with E-state index in [1.54, 1.807) is 6.26 Å². The maximum absolute atomic E-state index is 5.80. The summed E-state index contributed by atoms with van der Waals surface area (Å²) in [5.41, 5.74) is 8.62. The van der Waals surface area contributed by atoms with Crippen molar-refractivity contribution in [2.75, 3.05) is 5.73 Å². The number of hydrogen-bond acceptors (Lipinski definition) is 3. The lowest BCUT2D eigenvalue weighted by atomic mass is 10.2. The molecule has 0 aliphatic heterocycles. The molecule has 0 fully saturated rings. The molecule has 19 heavy (non-hydrogen) atoms. The summed E-state index contributed by atoms with van der Waals surface area (Å²) in [6, 6.07) is 10.1. The number of aromatic nitrogens is 2. The zero-order valence-electron chi connectivity index (χ0n) is 11.1. The molecule has 1 aromatic carbocycles. The maximum atomic E-state index is 5.80. The zero-order chi connectivity index (χ0) is 13.4. The second-order valence-corrected chi connectivity index (χ2v) is 4.91. The van der Waals surface area contributed by atoms with E-state index in [-0.39, 0.29) is 0 Å². The molecule has 2 heterocycles. The minimum absolute atomic E-state index is 0.291. The molecule has 2 N–H and O–H groups in total. The van der Waals surface area contributed by atoms with E-state index in [4.69, 9.17) is 10.2 Å². The Bertz CT molecular complexity index is 698. The SMILES string of the molecule is Cc1nc2cc(N)ccc2n1C(C)Cc1ccco1. The Balaban J connectivity index is 2.01. The Morgan fingerprint density at radius 1 is 1.37 bits per heavy atom. The molecule has 0 amide bonds. The summed E-state index contributed by atoms with van der Waals surface area (Å²) in [4.78, 5) is 4.58. The second kappa shape index (κ2) is 4.46. The Morgan fingerprint density at radius 2 is 2.21 bits per heavy atom. The number of nitrogen functional groups attached to an aromatic ring is 1. The second-order valence-electron chi connectivity index (χ2n) is 4.91. The highest BCUT2D eigenvalue weighted by Gasteiger charge is 2.14. The first-order valence-corrected chi connectivity index (χ1v) is 6.41. The standard InChI is InChI=1S/C15H17N3O/c1-10(8-13-4-3-7-19-13)18-11(2)17-14-9-12(16)5-6-15(14)18/h3-7,9-10H,8,16H2,1-2H3. The molecular weight excluding hydrogens is 238 g/mol. The fourth-order valence-corrected chi connectivity index (χ4v) is 2.60. The van der Waals surface area contributed by atoms with E-state index in [0.717, 1.165) is 34.7 Å².